The van der Waals surface area contributed by atoms with Crippen LogP contribution in [0.5, 0.6) is 5.75 Å². The molecule has 0 amide bonds. The molecule has 0 fully saturated rings. The lowest BCUT2D eigenvalue weighted by Crippen LogP contribution is -2.23. The first-order chi connectivity index (χ1) is 13.2. The highest BCUT2D eigenvalue weighted by Gasteiger charge is 2.10. The molecule has 1 N–H and O–H groups in total. The van der Waals surface area contributed by atoms with Crippen molar-refractivity contribution >= 4 is 11.6 Å². The third-order valence-corrected chi connectivity index (χ3v) is 4.40. The number of aromatic nitrogens is 2. The first kappa shape index (κ1) is 18.7. The average molecular weight is 362 g/mol. The number of para-hydroxylation sites is 1. The second-order valence-electron chi connectivity index (χ2n) is 6.32. The summed E-state index contributed by atoms with van der Waals surface area (Å²) in [6.45, 7) is 6.40. The van der Waals surface area contributed by atoms with Crippen LogP contribution < -0.4 is 15.0 Å². The molecule has 5 nitrogen and oxygen atoms in total. The van der Waals surface area contributed by atoms with Gasteiger partial charge in [-0.3, -0.25) is 0 Å². The Labute approximate surface area is 161 Å². The molecule has 1 aromatic heterocycles. The summed E-state index contributed by atoms with van der Waals surface area (Å²) in [4.78, 5) is 11.4. The van der Waals surface area contributed by atoms with Gasteiger partial charge < -0.3 is 15.0 Å². The van der Waals surface area contributed by atoms with Gasteiger partial charge >= 0.3 is 0 Å². The van der Waals surface area contributed by atoms with E-state index in [4.69, 9.17) is 4.74 Å². The van der Waals surface area contributed by atoms with Gasteiger partial charge in [-0.25, -0.2) is 9.97 Å². The highest BCUT2D eigenvalue weighted by atomic mass is 16.5. The molecule has 0 aliphatic heterocycles. The Bertz CT molecular complexity index is 867. The van der Waals surface area contributed by atoms with Crippen LogP contribution in [0.4, 0.5) is 11.6 Å². The third kappa shape index (κ3) is 4.97. The summed E-state index contributed by atoms with van der Waals surface area (Å²) in [6.07, 6.45) is 0. The number of hydrogen-bond donors (Lipinski definition) is 1. The predicted octanol–water partition coefficient (Wildman–Crippen LogP) is 4.43. The van der Waals surface area contributed by atoms with Crippen molar-refractivity contribution in [3.8, 4) is 5.75 Å². The van der Waals surface area contributed by atoms with E-state index in [1.165, 1.54) is 5.56 Å². The number of anilines is 2. The molecule has 3 aromatic rings. The Morgan fingerprint density at radius 3 is 2.48 bits per heavy atom. The van der Waals surface area contributed by atoms with E-state index in [1.807, 2.05) is 37.3 Å². The molecule has 0 aliphatic carbocycles. The molecular formula is C22H26N4O. The van der Waals surface area contributed by atoms with E-state index >= 15 is 0 Å². The van der Waals surface area contributed by atoms with E-state index in [-0.39, 0.29) is 0 Å². The summed E-state index contributed by atoms with van der Waals surface area (Å²) < 4.78 is 5.42. The Morgan fingerprint density at radius 2 is 1.74 bits per heavy atom. The molecule has 0 saturated heterocycles. The normalized spacial score (nSPS) is 10.5. The smallest absolute Gasteiger partial charge is 0.134 e. The van der Waals surface area contributed by atoms with Crippen molar-refractivity contribution in [3.63, 3.8) is 0 Å². The van der Waals surface area contributed by atoms with Gasteiger partial charge in [-0.05, 0) is 25.5 Å². The maximum atomic E-state index is 5.42. The molecule has 1 heterocycles. The van der Waals surface area contributed by atoms with Gasteiger partial charge in [-0.15, -0.1) is 0 Å². The van der Waals surface area contributed by atoms with Crippen molar-refractivity contribution in [1.82, 2.24) is 9.97 Å². The number of ether oxygens (including phenoxy) is 1. The maximum Gasteiger partial charge on any atom is 0.134 e. The number of methoxy groups -OCH3 is 1. The number of rotatable bonds is 8. The van der Waals surface area contributed by atoms with Crippen LogP contribution in [0.25, 0.3) is 0 Å². The zero-order valence-electron chi connectivity index (χ0n) is 16.1. The highest BCUT2D eigenvalue weighted by molar-refractivity contribution is 5.50. The monoisotopic (exact) mass is 362 g/mol. The van der Waals surface area contributed by atoms with Crippen LogP contribution in [0.2, 0.25) is 0 Å². The molecule has 3 rings (SSSR count). The molecule has 0 radical (unpaired) electrons. The lowest BCUT2D eigenvalue weighted by Gasteiger charge is -2.23. The summed E-state index contributed by atoms with van der Waals surface area (Å²) in [5.74, 6) is 3.36. The van der Waals surface area contributed by atoms with Crippen LogP contribution in [-0.4, -0.2) is 23.6 Å². The van der Waals surface area contributed by atoms with Crippen molar-refractivity contribution in [1.29, 1.82) is 0 Å². The van der Waals surface area contributed by atoms with E-state index in [0.717, 1.165) is 41.9 Å². The summed E-state index contributed by atoms with van der Waals surface area (Å²) in [7, 11) is 1.69. The SMILES string of the molecule is CCN(Cc1ccccc1)c1cc(NCc2ccccc2OC)nc(C)n1. The Balaban J connectivity index is 1.76. The fraction of sp³-hybridized carbons (Fsp3) is 0.273. The van der Waals surface area contributed by atoms with Crippen molar-refractivity contribution in [2.75, 3.05) is 23.9 Å². The van der Waals surface area contributed by atoms with Gasteiger partial charge in [0.05, 0.1) is 7.11 Å². The third-order valence-electron chi connectivity index (χ3n) is 4.40. The van der Waals surface area contributed by atoms with E-state index in [2.05, 4.69) is 57.4 Å². The minimum absolute atomic E-state index is 0.644. The molecule has 27 heavy (non-hydrogen) atoms. The fourth-order valence-corrected chi connectivity index (χ4v) is 3.00. The van der Waals surface area contributed by atoms with Crippen LogP contribution in [0, 0.1) is 6.92 Å². The molecule has 5 heteroatoms. The Kier molecular flexibility index (Phi) is 6.26. The zero-order valence-corrected chi connectivity index (χ0v) is 16.1. The number of hydrogen-bond acceptors (Lipinski definition) is 5. The highest BCUT2D eigenvalue weighted by Crippen LogP contribution is 2.21. The van der Waals surface area contributed by atoms with Crippen LogP contribution in [0.3, 0.4) is 0 Å². The van der Waals surface area contributed by atoms with Gasteiger partial charge in [0, 0.05) is 31.3 Å². The quantitative estimate of drug-likeness (QED) is 0.642. The van der Waals surface area contributed by atoms with Crippen molar-refractivity contribution in [2.24, 2.45) is 0 Å². The second kappa shape index (κ2) is 9.03. The summed E-state index contributed by atoms with van der Waals surface area (Å²) in [5, 5.41) is 3.40. The Morgan fingerprint density at radius 1 is 1.00 bits per heavy atom. The molecule has 0 bridgehead atoms. The summed E-state index contributed by atoms with van der Waals surface area (Å²) in [5.41, 5.74) is 2.36. The molecular weight excluding hydrogens is 336 g/mol. The number of benzene rings is 2. The van der Waals surface area contributed by atoms with Crippen LogP contribution in [-0.2, 0) is 13.1 Å². The van der Waals surface area contributed by atoms with Crippen LogP contribution in [0.15, 0.2) is 60.7 Å². The number of nitrogens with one attached hydrogen (secondary N) is 1. The zero-order chi connectivity index (χ0) is 19.1. The molecule has 0 atom stereocenters. The van der Waals surface area contributed by atoms with E-state index in [1.54, 1.807) is 7.11 Å². The topological polar surface area (TPSA) is 50.3 Å². The minimum Gasteiger partial charge on any atom is -0.496 e. The lowest BCUT2D eigenvalue weighted by molar-refractivity contribution is 0.410. The number of nitrogens with zero attached hydrogens (tertiary/aromatic N) is 3. The molecule has 140 valence electrons. The van der Waals surface area contributed by atoms with Crippen LogP contribution in [0.1, 0.15) is 23.9 Å². The van der Waals surface area contributed by atoms with E-state index in [0.29, 0.717) is 6.54 Å². The molecule has 0 unspecified atom stereocenters. The van der Waals surface area contributed by atoms with E-state index < -0.39 is 0 Å². The van der Waals surface area contributed by atoms with Gasteiger partial charge in [0.2, 0.25) is 0 Å². The molecule has 0 aliphatic rings. The standard InChI is InChI=1S/C22H26N4O/c1-4-26(16-18-10-6-5-7-11-18)22-14-21(24-17(2)25-22)23-15-19-12-8-9-13-20(19)27-3/h5-14H,4,15-16H2,1-3H3,(H,23,24,25). The summed E-state index contributed by atoms with van der Waals surface area (Å²) >= 11 is 0. The predicted molar refractivity (Wildman–Crippen MR) is 110 cm³/mol. The Hall–Kier alpha value is -3.08. The number of aryl methyl sites for hydroxylation is 1. The molecule has 0 saturated carbocycles. The lowest BCUT2D eigenvalue weighted by atomic mass is 10.2. The van der Waals surface area contributed by atoms with Crippen molar-refractivity contribution < 1.29 is 4.74 Å². The maximum absolute atomic E-state index is 5.42. The van der Waals surface area contributed by atoms with Crippen molar-refractivity contribution in [2.45, 2.75) is 26.9 Å². The van der Waals surface area contributed by atoms with E-state index in [9.17, 15) is 0 Å². The van der Waals surface area contributed by atoms with Gasteiger partial charge in [0.1, 0.15) is 23.2 Å². The molecule has 2 aromatic carbocycles. The van der Waals surface area contributed by atoms with Gasteiger partial charge in [-0.2, -0.15) is 0 Å². The first-order valence-corrected chi connectivity index (χ1v) is 9.20. The van der Waals surface area contributed by atoms with Crippen LogP contribution >= 0.6 is 0 Å². The first-order valence-electron chi connectivity index (χ1n) is 9.20. The molecule has 0 spiro atoms. The van der Waals surface area contributed by atoms with Crippen molar-refractivity contribution in [3.05, 3.63) is 77.6 Å². The van der Waals surface area contributed by atoms with Gasteiger partial charge in [-0.1, -0.05) is 48.5 Å². The van der Waals surface area contributed by atoms with Gasteiger partial charge in [0.15, 0.2) is 0 Å². The summed E-state index contributed by atoms with van der Waals surface area (Å²) in [6, 6.07) is 20.4. The fourth-order valence-electron chi connectivity index (χ4n) is 3.00. The minimum atomic E-state index is 0.644. The second-order valence-corrected chi connectivity index (χ2v) is 6.32. The largest absolute Gasteiger partial charge is 0.496 e. The van der Waals surface area contributed by atoms with Gasteiger partial charge in [0.25, 0.3) is 0 Å². The average Bonchev–Trinajstić information content (AvgIpc) is 2.71.